The van der Waals surface area contributed by atoms with Crippen LogP contribution in [-0.2, 0) is 0 Å². The lowest BCUT2D eigenvalue weighted by Crippen LogP contribution is -2.23. The first-order valence-corrected chi connectivity index (χ1v) is 21.4. The largest absolute Gasteiger partial charge is 0.310 e. The summed E-state index contributed by atoms with van der Waals surface area (Å²) < 4.78 is 0. The molecule has 0 spiro atoms. The fraction of sp³-hybridized carbons (Fsp3) is 0.172. The maximum absolute atomic E-state index is 2.45. The zero-order valence-electron chi connectivity index (χ0n) is 35.7. The van der Waals surface area contributed by atoms with Crippen molar-refractivity contribution in [3.63, 3.8) is 0 Å². The molecule has 9 aromatic rings. The second-order valence-electron chi connectivity index (χ2n) is 18.5. The molecule has 0 fully saturated rings. The van der Waals surface area contributed by atoms with Gasteiger partial charge in [-0.2, -0.15) is 0 Å². The minimum Gasteiger partial charge on any atom is -0.310 e. The zero-order valence-corrected chi connectivity index (χ0v) is 35.7. The van der Waals surface area contributed by atoms with E-state index in [2.05, 4.69) is 252 Å². The molecule has 0 aliphatic rings. The van der Waals surface area contributed by atoms with E-state index in [9.17, 15) is 0 Å². The second kappa shape index (κ2) is 15.8. The average Bonchev–Trinajstić information content (AvgIpc) is 3.26. The Morgan fingerprint density at radius 1 is 0.383 bits per heavy atom. The molecule has 1 unspecified atom stereocenters. The van der Waals surface area contributed by atoms with Gasteiger partial charge in [0.15, 0.2) is 0 Å². The van der Waals surface area contributed by atoms with E-state index in [0.29, 0.717) is 5.92 Å². The Labute approximate surface area is 356 Å². The van der Waals surface area contributed by atoms with Gasteiger partial charge in [0.1, 0.15) is 0 Å². The van der Waals surface area contributed by atoms with Crippen LogP contribution in [0.1, 0.15) is 59.4 Å². The van der Waals surface area contributed by atoms with E-state index in [-0.39, 0.29) is 10.8 Å². The topological polar surface area (TPSA) is 6.48 Å². The molecule has 0 heterocycles. The Morgan fingerprint density at radius 2 is 0.817 bits per heavy atom. The molecule has 0 N–H and O–H groups in total. The van der Waals surface area contributed by atoms with Gasteiger partial charge in [0, 0.05) is 38.9 Å². The molecular weight excluding hydrogens is 725 g/mol. The highest BCUT2D eigenvalue weighted by Crippen LogP contribution is 2.49. The molecule has 0 bridgehead atoms. The molecule has 0 aliphatic carbocycles. The number of benzene rings is 9. The van der Waals surface area contributed by atoms with E-state index < -0.39 is 0 Å². The van der Waals surface area contributed by atoms with Crippen LogP contribution in [0.25, 0.3) is 43.4 Å². The lowest BCUT2D eigenvalue weighted by molar-refractivity contribution is 0.229. The third-order valence-electron chi connectivity index (χ3n) is 12.0. The highest BCUT2D eigenvalue weighted by atomic mass is 15.2. The van der Waals surface area contributed by atoms with E-state index in [1.54, 1.807) is 0 Å². The van der Waals surface area contributed by atoms with Crippen LogP contribution in [0.4, 0.5) is 34.1 Å². The first kappa shape index (κ1) is 38.9. The molecule has 2 nitrogen and oxygen atoms in total. The van der Waals surface area contributed by atoms with Crippen LogP contribution in [-0.4, -0.2) is 0 Å². The van der Waals surface area contributed by atoms with Crippen molar-refractivity contribution in [3.8, 4) is 11.1 Å². The SMILES string of the molecule is CC(C)(C)CC(c1ccc(N(c2ccc(N(c3ccccc3)c3c4ccccc4c(-c4ccccc4)c4ccccc34)cc2)c2cccc3ccccc23)cc1)C(C)(C)C. The summed E-state index contributed by atoms with van der Waals surface area (Å²) in [4.78, 5) is 4.88. The Morgan fingerprint density at radius 3 is 1.37 bits per heavy atom. The summed E-state index contributed by atoms with van der Waals surface area (Å²) in [5, 5.41) is 7.32. The molecule has 2 heteroatoms. The summed E-state index contributed by atoms with van der Waals surface area (Å²) in [6.45, 7) is 14.2. The van der Waals surface area contributed by atoms with Crippen molar-refractivity contribution in [2.75, 3.05) is 9.80 Å². The number of hydrogen-bond acceptors (Lipinski definition) is 2. The standard InChI is InChI=1S/C58H54N2/c1-57(2,3)40-53(58(4,5)6)42-32-34-45(35-33-42)59(54-31-19-23-41-20-13-14-26-48(41)54)46-36-38-47(39-37-46)60(44-24-11-8-12-25-44)56-51-29-17-15-27-49(51)55(43-21-9-7-10-22-43)50-28-16-18-30-52(50)56/h7-39,53H,40H2,1-6H3. The van der Waals surface area contributed by atoms with Gasteiger partial charge in [0.2, 0.25) is 0 Å². The number of nitrogens with zero attached hydrogens (tertiary/aromatic N) is 2. The summed E-state index contributed by atoms with van der Waals surface area (Å²) >= 11 is 0. The van der Waals surface area contributed by atoms with E-state index >= 15 is 0 Å². The molecule has 0 saturated heterocycles. The van der Waals surface area contributed by atoms with Gasteiger partial charge in [0.05, 0.1) is 11.4 Å². The fourth-order valence-corrected chi connectivity index (χ4v) is 9.22. The molecular formula is C58H54N2. The van der Waals surface area contributed by atoms with E-state index in [4.69, 9.17) is 0 Å². The maximum Gasteiger partial charge on any atom is 0.0618 e. The van der Waals surface area contributed by atoms with Gasteiger partial charge in [-0.3, -0.25) is 0 Å². The minimum absolute atomic E-state index is 0.142. The smallest absolute Gasteiger partial charge is 0.0618 e. The fourth-order valence-electron chi connectivity index (χ4n) is 9.22. The molecule has 296 valence electrons. The summed E-state index contributed by atoms with van der Waals surface area (Å²) in [5.41, 5.74) is 11.0. The third kappa shape index (κ3) is 7.55. The summed E-state index contributed by atoms with van der Waals surface area (Å²) in [6.07, 6.45) is 1.13. The van der Waals surface area contributed by atoms with Gasteiger partial charge in [-0.1, -0.05) is 187 Å². The van der Waals surface area contributed by atoms with Crippen molar-refractivity contribution in [2.45, 2.75) is 53.9 Å². The maximum atomic E-state index is 2.45. The predicted molar refractivity (Wildman–Crippen MR) is 260 cm³/mol. The van der Waals surface area contributed by atoms with Crippen molar-refractivity contribution in [1.82, 2.24) is 0 Å². The van der Waals surface area contributed by atoms with Gasteiger partial charge < -0.3 is 9.80 Å². The lowest BCUT2D eigenvalue weighted by atomic mass is 9.69. The number of fused-ring (bicyclic) bond motifs is 3. The van der Waals surface area contributed by atoms with Crippen molar-refractivity contribution >= 4 is 66.4 Å². The quantitative estimate of drug-likeness (QED) is 0.135. The van der Waals surface area contributed by atoms with Crippen LogP contribution in [0.3, 0.4) is 0 Å². The van der Waals surface area contributed by atoms with Gasteiger partial charge in [0.25, 0.3) is 0 Å². The monoisotopic (exact) mass is 778 g/mol. The summed E-state index contributed by atoms with van der Waals surface area (Å²) in [5.74, 6) is 0.440. The van der Waals surface area contributed by atoms with Crippen LogP contribution in [0.15, 0.2) is 200 Å². The van der Waals surface area contributed by atoms with Crippen molar-refractivity contribution in [2.24, 2.45) is 10.8 Å². The summed E-state index contributed by atoms with van der Waals surface area (Å²) in [7, 11) is 0. The van der Waals surface area contributed by atoms with Crippen molar-refractivity contribution in [3.05, 3.63) is 206 Å². The van der Waals surface area contributed by atoms with Gasteiger partial charge >= 0.3 is 0 Å². The summed E-state index contributed by atoms with van der Waals surface area (Å²) in [6, 6.07) is 73.3. The average molecular weight is 779 g/mol. The van der Waals surface area contributed by atoms with E-state index in [1.165, 1.54) is 54.7 Å². The van der Waals surface area contributed by atoms with Crippen molar-refractivity contribution in [1.29, 1.82) is 0 Å². The van der Waals surface area contributed by atoms with E-state index in [0.717, 1.165) is 34.9 Å². The molecule has 0 amide bonds. The minimum atomic E-state index is 0.142. The van der Waals surface area contributed by atoms with Gasteiger partial charge in [-0.15, -0.1) is 0 Å². The molecule has 9 rings (SSSR count). The molecule has 9 aromatic carbocycles. The highest BCUT2D eigenvalue weighted by Gasteiger charge is 2.31. The van der Waals surface area contributed by atoms with E-state index in [1.807, 2.05) is 0 Å². The zero-order chi connectivity index (χ0) is 41.4. The first-order chi connectivity index (χ1) is 29.0. The van der Waals surface area contributed by atoms with Gasteiger partial charge in [-0.05, 0) is 111 Å². The number of para-hydroxylation sites is 1. The molecule has 0 aliphatic heterocycles. The van der Waals surface area contributed by atoms with Crippen LogP contribution >= 0.6 is 0 Å². The van der Waals surface area contributed by atoms with Crippen LogP contribution in [0.5, 0.6) is 0 Å². The Hall–Kier alpha value is -6.64. The predicted octanol–water partition coefficient (Wildman–Crippen LogP) is 17.3. The molecule has 1 atom stereocenters. The Balaban J connectivity index is 1.22. The third-order valence-corrected chi connectivity index (χ3v) is 12.0. The number of anilines is 6. The normalized spacial score (nSPS) is 12.5. The van der Waals surface area contributed by atoms with Gasteiger partial charge in [-0.25, -0.2) is 0 Å². The molecule has 0 radical (unpaired) electrons. The first-order valence-electron chi connectivity index (χ1n) is 21.4. The second-order valence-corrected chi connectivity index (χ2v) is 18.5. The molecule has 0 aromatic heterocycles. The number of rotatable bonds is 9. The Kier molecular flexibility index (Phi) is 10.3. The van der Waals surface area contributed by atoms with Crippen molar-refractivity contribution < 1.29 is 0 Å². The van der Waals surface area contributed by atoms with Crippen LogP contribution in [0.2, 0.25) is 0 Å². The Bertz CT molecular complexity index is 2840. The highest BCUT2D eigenvalue weighted by molar-refractivity contribution is 6.22. The molecule has 0 saturated carbocycles. The van der Waals surface area contributed by atoms with Crippen LogP contribution in [0, 0.1) is 10.8 Å². The lowest BCUT2D eigenvalue weighted by Gasteiger charge is -2.36. The number of hydrogen-bond donors (Lipinski definition) is 0. The van der Waals surface area contributed by atoms with Crippen LogP contribution < -0.4 is 9.80 Å². The molecule has 60 heavy (non-hydrogen) atoms.